The Morgan fingerprint density at radius 2 is 2.30 bits per heavy atom. The van der Waals surface area contributed by atoms with Gasteiger partial charge in [-0.25, -0.2) is 0 Å². The summed E-state index contributed by atoms with van der Waals surface area (Å²) in [5, 5.41) is 3.49. The molecule has 4 nitrogen and oxygen atoms in total. The zero-order valence-corrected chi connectivity index (χ0v) is 13.0. The molecule has 0 saturated carbocycles. The fraction of sp³-hybridized carbons (Fsp3) is 0.688. The first-order valence-electron chi connectivity index (χ1n) is 7.76. The molecular weight excluding hydrogens is 250 g/mol. The average molecular weight is 277 g/mol. The molecule has 1 aromatic heterocycles. The van der Waals surface area contributed by atoms with Crippen LogP contribution >= 0.6 is 0 Å². The zero-order valence-electron chi connectivity index (χ0n) is 13.0. The van der Waals surface area contributed by atoms with Crippen LogP contribution < -0.4 is 10.2 Å². The van der Waals surface area contributed by atoms with Gasteiger partial charge in [0.25, 0.3) is 0 Å². The Hall–Kier alpha value is -1.13. The average Bonchev–Trinajstić information content (AvgIpc) is 2.49. The van der Waals surface area contributed by atoms with Crippen molar-refractivity contribution in [3.8, 4) is 0 Å². The molecule has 20 heavy (non-hydrogen) atoms. The standard InChI is InChI=1S/C16H27N3O/c1-4-6-17-10-14-11-18-13(3)9-16(14)19-7-8-20-12-15(19)5-2/h9,11,15,17H,4-8,10,12H2,1-3H3. The number of aryl methyl sites for hydroxylation is 1. The monoisotopic (exact) mass is 277 g/mol. The number of pyridine rings is 1. The van der Waals surface area contributed by atoms with E-state index < -0.39 is 0 Å². The van der Waals surface area contributed by atoms with Crippen LogP contribution in [-0.2, 0) is 11.3 Å². The third kappa shape index (κ3) is 3.70. The van der Waals surface area contributed by atoms with Crippen molar-refractivity contribution in [2.24, 2.45) is 0 Å². The summed E-state index contributed by atoms with van der Waals surface area (Å²) in [5.41, 5.74) is 3.71. The normalized spacial score (nSPS) is 19.4. The van der Waals surface area contributed by atoms with Crippen LogP contribution in [0.1, 0.15) is 37.9 Å². The van der Waals surface area contributed by atoms with Gasteiger partial charge in [-0.3, -0.25) is 4.98 Å². The minimum absolute atomic E-state index is 0.482. The molecule has 1 aromatic rings. The highest BCUT2D eigenvalue weighted by atomic mass is 16.5. The summed E-state index contributed by atoms with van der Waals surface area (Å²) in [5.74, 6) is 0. The summed E-state index contributed by atoms with van der Waals surface area (Å²) in [7, 11) is 0. The predicted molar refractivity (Wildman–Crippen MR) is 83.2 cm³/mol. The van der Waals surface area contributed by atoms with Gasteiger partial charge in [-0.05, 0) is 32.4 Å². The van der Waals surface area contributed by atoms with Crippen molar-refractivity contribution in [3.63, 3.8) is 0 Å². The number of aromatic nitrogens is 1. The molecule has 0 aromatic carbocycles. The van der Waals surface area contributed by atoms with Crippen molar-refractivity contribution in [2.75, 3.05) is 31.2 Å². The summed E-state index contributed by atoms with van der Waals surface area (Å²) >= 11 is 0. The maximum absolute atomic E-state index is 5.62. The van der Waals surface area contributed by atoms with Crippen molar-refractivity contribution in [1.82, 2.24) is 10.3 Å². The van der Waals surface area contributed by atoms with Crippen molar-refractivity contribution < 1.29 is 4.74 Å². The van der Waals surface area contributed by atoms with Crippen LogP contribution in [0.15, 0.2) is 12.3 Å². The van der Waals surface area contributed by atoms with Gasteiger partial charge in [0.05, 0.1) is 19.3 Å². The van der Waals surface area contributed by atoms with E-state index in [1.165, 1.54) is 11.3 Å². The molecule has 0 spiro atoms. The fourth-order valence-electron chi connectivity index (χ4n) is 2.69. The van der Waals surface area contributed by atoms with Gasteiger partial charge in [0, 0.05) is 36.2 Å². The molecule has 1 fully saturated rings. The Kier molecular flexibility index (Phi) is 5.80. The number of ether oxygens (including phenoxy) is 1. The van der Waals surface area contributed by atoms with E-state index in [1.54, 1.807) is 0 Å². The van der Waals surface area contributed by atoms with Crippen molar-refractivity contribution in [3.05, 3.63) is 23.5 Å². The molecule has 0 aliphatic carbocycles. The molecule has 1 aliphatic rings. The Morgan fingerprint density at radius 3 is 3.05 bits per heavy atom. The number of hydrogen-bond donors (Lipinski definition) is 1. The van der Waals surface area contributed by atoms with Crippen LogP contribution in [0.4, 0.5) is 5.69 Å². The van der Waals surface area contributed by atoms with Gasteiger partial charge in [0.15, 0.2) is 0 Å². The van der Waals surface area contributed by atoms with Crippen LogP contribution in [0.2, 0.25) is 0 Å². The topological polar surface area (TPSA) is 37.4 Å². The maximum Gasteiger partial charge on any atom is 0.0670 e. The molecule has 1 atom stereocenters. The van der Waals surface area contributed by atoms with Gasteiger partial charge in [0.1, 0.15) is 0 Å². The van der Waals surface area contributed by atoms with Crippen molar-refractivity contribution in [2.45, 2.75) is 46.2 Å². The maximum atomic E-state index is 5.62. The number of nitrogens with one attached hydrogen (secondary N) is 1. The molecule has 2 heterocycles. The van der Waals surface area contributed by atoms with E-state index in [-0.39, 0.29) is 0 Å². The molecule has 0 amide bonds. The van der Waals surface area contributed by atoms with Crippen LogP contribution in [0.5, 0.6) is 0 Å². The highest BCUT2D eigenvalue weighted by Crippen LogP contribution is 2.26. The molecule has 0 radical (unpaired) electrons. The molecule has 4 heteroatoms. The van der Waals surface area contributed by atoms with E-state index in [4.69, 9.17) is 4.74 Å². The lowest BCUT2D eigenvalue weighted by Gasteiger charge is -2.38. The number of anilines is 1. The summed E-state index contributed by atoms with van der Waals surface area (Å²) in [6, 6.07) is 2.70. The summed E-state index contributed by atoms with van der Waals surface area (Å²) in [6.45, 7) is 11.1. The second kappa shape index (κ2) is 7.60. The van der Waals surface area contributed by atoms with Crippen LogP contribution in [-0.4, -0.2) is 37.3 Å². The van der Waals surface area contributed by atoms with Gasteiger partial charge in [-0.2, -0.15) is 0 Å². The summed E-state index contributed by atoms with van der Waals surface area (Å²) < 4.78 is 5.62. The third-order valence-corrected chi connectivity index (χ3v) is 3.85. The third-order valence-electron chi connectivity index (χ3n) is 3.85. The van der Waals surface area contributed by atoms with Gasteiger partial charge in [-0.15, -0.1) is 0 Å². The van der Waals surface area contributed by atoms with Gasteiger partial charge >= 0.3 is 0 Å². The molecule has 1 saturated heterocycles. The second-order valence-electron chi connectivity index (χ2n) is 5.46. The van der Waals surface area contributed by atoms with E-state index in [1.807, 2.05) is 6.20 Å². The number of nitrogens with zero attached hydrogens (tertiary/aromatic N) is 2. The van der Waals surface area contributed by atoms with Crippen molar-refractivity contribution in [1.29, 1.82) is 0 Å². The molecule has 1 N–H and O–H groups in total. The van der Waals surface area contributed by atoms with E-state index in [0.29, 0.717) is 6.04 Å². The van der Waals surface area contributed by atoms with Crippen molar-refractivity contribution >= 4 is 5.69 Å². The first kappa shape index (κ1) is 15.3. The lowest BCUT2D eigenvalue weighted by Crippen LogP contribution is -2.45. The lowest BCUT2D eigenvalue weighted by atomic mass is 10.1. The molecule has 112 valence electrons. The van der Waals surface area contributed by atoms with Crippen LogP contribution in [0.25, 0.3) is 0 Å². The molecular formula is C16H27N3O. The minimum Gasteiger partial charge on any atom is -0.377 e. The zero-order chi connectivity index (χ0) is 14.4. The van der Waals surface area contributed by atoms with E-state index >= 15 is 0 Å². The molecule has 2 rings (SSSR count). The largest absolute Gasteiger partial charge is 0.377 e. The number of rotatable bonds is 6. The second-order valence-corrected chi connectivity index (χ2v) is 5.46. The van der Waals surface area contributed by atoms with E-state index in [9.17, 15) is 0 Å². The highest BCUT2D eigenvalue weighted by molar-refractivity contribution is 5.54. The predicted octanol–water partition coefficient (Wildman–Crippen LogP) is 2.50. The Labute approximate surface area is 122 Å². The fourth-order valence-corrected chi connectivity index (χ4v) is 2.69. The SMILES string of the molecule is CCCNCc1cnc(C)cc1N1CCOCC1CC. The van der Waals surface area contributed by atoms with E-state index in [2.05, 4.69) is 42.0 Å². The molecule has 1 aliphatic heterocycles. The van der Waals surface area contributed by atoms with E-state index in [0.717, 1.165) is 51.4 Å². The first-order valence-corrected chi connectivity index (χ1v) is 7.76. The highest BCUT2D eigenvalue weighted by Gasteiger charge is 2.23. The quantitative estimate of drug-likeness (QED) is 0.811. The first-order chi connectivity index (χ1) is 9.76. The van der Waals surface area contributed by atoms with Gasteiger partial charge in [0.2, 0.25) is 0 Å². The van der Waals surface area contributed by atoms with Crippen LogP contribution in [0.3, 0.4) is 0 Å². The number of hydrogen-bond acceptors (Lipinski definition) is 4. The Bertz CT molecular complexity index is 422. The molecule has 1 unspecified atom stereocenters. The van der Waals surface area contributed by atoms with Gasteiger partial charge < -0.3 is 15.0 Å². The van der Waals surface area contributed by atoms with Crippen LogP contribution in [0, 0.1) is 6.92 Å². The molecule has 0 bridgehead atoms. The smallest absolute Gasteiger partial charge is 0.0670 e. The Balaban J connectivity index is 2.20. The lowest BCUT2D eigenvalue weighted by molar-refractivity contribution is 0.0929. The number of morpholine rings is 1. The summed E-state index contributed by atoms with van der Waals surface area (Å²) in [4.78, 5) is 6.97. The van der Waals surface area contributed by atoms with Gasteiger partial charge in [-0.1, -0.05) is 13.8 Å². The minimum atomic E-state index is 0.482. The Morgan fingerprint density at radius 1 is 1.45 bits per heavy atom. The summed E-state index contributed by atoms with van der Waals surface area (Å²) in [6.07, 6.45) is 4.29.